The summed E-state index contributed by atoms with van der Waals surface area (Å²) in [5.74, 6) is 0.498. The van der Waals surface area contributed by atoms with E-state index in [0.717, 1.165) is 25.7 Å². The Morgan fingerprint density at radius 1 is 1.18 bits per heavy atom. The lowest BCUT2D eigenvalue weighted by molar-refractivity contribution is 0.00508. The Bertz CT molecular complexity index is 878. The van der Waals surface area contributed by atoms with Crippen LogP contribution in [0.2, 0.25) is 5.02 Å². The molecule has 0 atom stereocenters. The second-order valence-electron chi connectivity index (χ2n) is 8.01. The minimum atomic E-state index is -3.51. The number of Topliss-reactive ketones (excluding diaryl/α,β-unsaturated/α-hetero) is 1. The Morgan fingerprint density at radius 2 is 1.86 bits per heavy atom. The Kier molecular flexibility index (Phi) is 5.79. The normalized spacial score (nSPS) is 23.4. The van der Waals surface area contributed by atoms with Crippen molar-refractivity contribution in [3.8, 4) is 5.75 Å². The first-order chi connectivity index (χ1) is 13.3. The quantitative estimate of drug-likeness (QED) is 0.691. The van der Waals surface area contributed by atoms with Crippen LogP contribution >= 0.6 is 27.5 Å². The third-order valence-electron chi connectivity index (χ3n) is 6.00. The third-order valence-corrected chi connectivity index (χ3v) is 8.49. The van der Waals surface area contributed by atoms with Gasteiger partial charge in [0.1, 0.15) is 11.4 Å². The molecule has 0 amide bonds. The van der Waals surface area contributed by atoms with Gasteiger partial charge in [0.15, 0.2) is 5.78 Å². The van der Waals surface area contributed by atoms with Crippen LogP contribution in [0.15, 0.2) is 16.6 Å². The number of halogens is 2. The summed E-state index contributed by atoms with van der Waals surface area (Å²) in [6, 6.07) is 3.37. The highest BCUT2D eigenvalue weighted by atomic mass is 79.9. The molecule has 2 fully saturated rings. The molecule has 0 unspecified atom stereocenters. The summed E-state index contributed by atoms with van der Waals surface area (Å²) in [6.07, 6.45) is 6.35. The average molecular weight is 492 g/mol. The van der Waals surface area contributed by atoms with Crippen molar-refractivity contribution in [2.75, 3.05) is 13.1 Å². The van der Waals surface area contributed by atoms with E-state index in [0.29, 0.717) is 46.7 Å². The number of fused-ring (bicyclic) bond motifs is 1. The number of piperidine rings is 1. The average Bonchev–Trinajstić information content (AvgIpc) is 2.64. The zero-order valence-electron chi connectivity index (χ0n) is 15.5. The van der Waals surface area contributed by atoms with Crippen molar-refractivity contribution >= 4 is 43.5 Å². The van der Waals surface area contributed by atoms with E-state index < -0.39 is 15.8 Å². The van der Waals surface area contributed by atoms with Gasteiger partial charge in [0.2, 0.25) is 0 Å². The Morgan fingerprint density at radius 3 is 2.54 bits per heavy atom. The van der Waals surface area contributed by atoms with Crippen LogP contribution in [0.25, 0.3) is 0 Å². The second kappa shape index (κ2) is 7.87. The molecule has 4 rings (SSSR count). The summed E-state index contributed by atoms with van der Waals surface area (Å²) >= 11 is 9.49. The molecule has 0 aromatic heterocycles. The minimum absolute atomic E-state index is 0.0129. The Hall–Kier alpha value is -0.670. The SMILES string of the molecule is O=C1CC2(CCN(S(=O)(=O)NC3CCCCC3)CC2)Oc2c(Br)cc(Cl)cc21. The predicted octanol–water partition coefficient (Wildman–Crippen LogP) is 4.07. The molecule has 154 valence electrons. The number of benzene rings is 1. The van der Waals surface area contributed by atoms with Crippen molar-refractivity contribution in [1.82, 2.24) is 9.03 Å². The van der Waals surface area contributed by atoms with E-state index >= 15 is 0 Å². The maximum atomic E-state index is 12.8. The van der Waals surface area contributed by atoms with Crippen molar-refractivity contribution in [3.05, 3.63) is 27.2 Å². The first-order valence-corrected chi connectivity index (χ1v) is 12.4. The van der Waals surface area contributed by atoms with Gasteiger partial charge in [0.05, 0.1) is 16.5 Å². The molecule has 1 aromatic carbocycles. The fraction of sp³-hybridized carbons (Fsp3) is 0.632. The number of hydrogen-bond donors (Lipinski definition) is 1. The largest absolute Gasteiger partial charge is 0.485 e. The molecule has 3 aliphatic rings. The standard InChI is InChI=1S/C19H24BrClN2O4S/c20-16-11-13(21)10-15-17(24)12-19(27-18(15)16)6-8-23(9-7-19)28(25,26)22-14-4-2-1-3-5-14/h10-11,14,22H,1-9,12H2. The number of rotatable bonds is 3. The lowest BCUT2D eigenvalue weighted by Crippen LogP contribution is -2.55. The first kappa shape index (κ1) is 20.6. The van der Waals surface area contributed by atoms with Crippen LogP contribution in [0.1, 0.15) is 61.7 Å². The van der Waals surface area contributed by atoms with Crippen molar-refractivity contribution in [2.24, 2.45) is 0 Å². The van der Waals surface area contributed by atoms with E-state index in [2.05, 4.69) is 20.7 Å². The number of ketones is 1. The van der Waals surface area contributed by atoms with E-state index in [1.807, 2.05) is 0 Å². The molecule has 1 aromatic rings. The number of carbonyl (C=O) groups excluding carboxylic acids is 1. The molecule has 9 heteroatoms. The zero-order chi connectivity index (χ0) is 19.9. The van der Waals surface area contributed by atoms with Gasteiger partial charge in [-0.2, -0.15) is 17.4 Å². The molecule has 2 heterocycles. The van der Waals surface area contributed by atoms with Crippen LogP contribution in [0.4, 0.5) is 0 Å². The van der Waals surface area contributed by atoms with E-state index in [1.165, 1.54) is 10.7 Å². The van der Waals surface area contributed by atoms with Gasteiger partial charge >= 0.3 is 0 Å². The van der Waals surface area contributed by atoms with Crippen LogP contribution in [-0.2, 0) is 10.2 Å². The molecule has 1 saturated carbocycles. The van der Waals surface area contributed by atoms with E-state index in [1.54, 1.807) is 12.1 Å². The van der Waals surface area contributed by atoms with Gasteiger partial charge in [-0.05, 0) is 40.9 Å². The minimum Gasteiger partial charge on any atom is -0.485 e. The highest BCUT2D eigenvalue weighted by molar-refractivity contribution is 9.10. The summed E-state index contributed by atoms with van der Waals surface area (Å²) in [5, 5.41) is 0.480. The highest BCUT2D eigenvalue weighted by Gasteiger charge is 2.45. The molecular weight excluding hydrogens is 468 g/mol. The zero-order valence-corrected chi connectivity index (χ0v) is 18.7. The van der Waals surface area contributed by atoms with Crippen LogP contribution < -0.4 is 9.46 Å². The Labute approximate surface area is 179 Å². The monoisotopic (exact) mass is 490 g/mol. The predicted molar refractivity (Wildman–Crippen MR) is 111 cm³/mol. The molecule has 1 aliphatic carbocycles. The van der Waals surface area contributed by atoms with Gasteiger partial charge in [0.25, 0.3) is 10.2 Å². The highest BCUT2D eigenvalue weighted by Crippen LogP contribution is 2.44. The maximum absolute atomic E-state index is 12.8. The van der Waals surface area contributed by atoms with Gasteiger partial charge in [-0.25, -0.2) is 0 Å². The number of nitrogens with one attached hydrogen (secondary N) is 1. The second-order valence-corrected chi connectivity index (χ2v) is 11.0. The molecule has 1 N–H and O–H groups in total. The van der Waals surface area contributed by atoms with Gasteiger partial charge in [0, 0.05) is 37.0 Å². The van der Waals surface area contributed by atoms with Crippen molar-refractivity contribution in [1.29, 1.82) is 0 Å². The molecular formula is C19H24BrClN2O4S. The molecule has 6 nitrogen and oxygen atoms in total. The van der Waals surface area contributed by atoms with Crippen molar-refractivity contribution in [2.45, 2.75) is 63.0 Å². The fourth-order valence-electron chi connectivity index (χ4n) is 4.43. The molecule has 0 radical (unpaired) electrons. The maximum Gasteiger partial charge on any atom is 0.279 e. The molecule has 1 saturated heterocycles. The molecule has 0 bridgehead atoms. The van der Waals surface area contributed by atoms with Crippen LogP contribution in [0.3, 0.4) is 0 Å². The molecule has 2 aliphatic heterocycles. The van der Waals surface area contributed by atoms with Crippen LogP contribution in [0.5, 0.6) is 5.75 Å². The topological polar surface area (TPSA) is 75.7 Å². The van der Waals surface area contributed by atoms with Gasteiger partial charge in [-0.15, -0.1) is 0 Å². The lowest BCUT2D eigenvalue weighted by atomic mass is 9.83. The summed E-state index contributed by atoms with van der Waals surface area (Å²) in [7, 11) is -3.51. The van der Waals surface area contributed by atoms with Crippen LogP contribution in [-0.4, -0.2) is 43.2 Å². The number of nitrogens with zero attached hydrogens (tertiary/aromatic N) is 1. The molecule has 1 spiro atoms. The third kappa shape index (κ3) is 4.12. The summed E-state index contributed by atoms with van der Waals surface area (Å²) in [4.78, 5) is 12.7. The molecule has 28 heavy (non-hydrogen) atoms. The number of hydrogen-bond acceptors (Lipinski definition) is 4. The first-order valence-electron chi connectivity index (χ1n) is 9.77. The Balaban J connectivity index is 1.45. The van der Waals surface area contributed by atoms with Crippen molar-refractivity contribution in [3.63, 3.8) is 0 Å². The van der Waals surface area contributed by atoms with Crippen LogP contribution in [0, 0.1) is 0 Å². The van der Waals surface area contributed by atoms with E-state index in [9.17, 15) is 13.2 Å². The van der Waals surface area contributed by atoms with Gasteiger partial charge in [-0.3, -0.25) is 4.79 Å². The van der Waals surface area contributed by atoms with E-state index in [4.69, 9.17) is 16.3 Å². The lowest BCUT2D eigenvalue weighted by Gasteiger charge is -2.44. The van der Waals surface area contributed by atoms with E-state index in [-0.39, 0.29) is 18.2 Å². The number of carbonyl (C=O) groups is 1. The fourth-order valence-corrected chi connectivity index (χ4v) is 6.79. The van der Waals surface area contributed by atoms with Gasteiger partial charge in [-0.1, -0.05) is 30.9 Å². The summed E-state index contributed by atoms with van der Waals surface area (Å²) < 4.78 is 36.8. The summed E-state index contributed by atoms with van der Waals surface area (Å²) in [6.45, 7) is 0.686. The summed E-state index contributed by atoms with van der Waals surface area (Å²) in [5.41, 5.74) is -0.170. The number of ether oxygens (including phenoxy) is 1. The van der Waals surface area contributed by atoms with Gasteiger partial charge < -0.3 is 4.74 Å². The van der Waals surface area contributed by atoms with Crippen molar-refractivity contribution < 1.29 is 17.9 Å². The smallest absolute Gasteiger partial charge is 0.279 e.